The van der Waals surface area contributed by atoms with Crippen molar-refractivity contribution in [1.29, 1.82) is 0 Å². The number of hydrogen-bond acceptors (Lipinski definition) is 8. The molecular weight excluding hydrogens is 616 g/mol. The second-order valence-corrected chi connectivity index (χ2v) is 13.8. The fraction of sp³-hybridized carbons (Fsp3) is 0.571. The van der Waals surface area contributed by atoms with Gasteiger partial charge in [0.25, 0.3) is 0 Å². The topological polar surface area (TPSA) is 89.7 Å². The van der Waals surface area contributed by atoms with E-state index in [4.69, 9.17) is 32.9 Å². The Morgan fingerprint density at radius 3 is 2.66 bits per heavy atom. The SMILES string of the molecule is [C-]#[N+]C[C@H]1CN(c2nc(OCC3(N(C)C)CCC(C(=O)N4CCCC4)C3)nc3c2CCN(c2ccccc2Cl)C3)CCN1C(=O)C=C. The van der Waals surface area contributed by atoms with Gasteiger partial charge in [0.1, 0.15) is 18.5 Å². The summed E-state index contributed by atoms with van der Waals surface area (Å²) in [7, 11) is 4.13. The second-order valence-electron chi connectivity index (χ2n) is 13.4. The van der Waals surface area contributed by atoms with E-state index in [0.29, 0.717) is 43.8 Å². The monoisotopic (exact) mass is 660 g/mol. The van der Waals surface area contributed by atoms with E-state index in [9.17, 15) is 9.59 Å². The van der Waals surface area contributed by atoms with E-state index < -0.39 is 0 Å². The fourth-order valence-corrected chi connectivity index (χ4v) is 7.98. The molecule has 6 rings (SSSR count). The third-order valence-electron chi connectivity index (χ3n) is 10.5. The van der Waals surface area contributed by atoms with Crippen LogP contribution in [-0.4, -0.2) is 115 Å². The summed E-state index contributed by atoms with van der Waals surface area (Å²) in [4.78, 5) is 50.0. The number of aromatic nitrogens is 2. The Balaban J connectivity index is 1.28. The molecule has 2 unspecified atom stereocenters. The number of amides is 2. The molecule has 0 N–H and O–H groups in total. The van der Waals surface area contributed by atoms with Crippen molar-refractivity contribution < 1.29 is 14.3 Å². The first-order valence-corrected chi connectivity index (χ1v) is 17.1. The number of para-hydroxylation sites is 1. The zero-order chi connectivity index (χ0) is 33.1. The molecule has 3 atom stereocenters. The van der Waals surface area contributed by atoms with E-state index in [0.717, 1.165) is 80.9 Å². The summed E-state index contributed by atoms with van der Waals surface area (Å²) in [5.41, 5.74) is 2.60. The second kappa shape index (κ2) is 14.1. The van der Waals surface area contributed by atoms with Gasteiger partial charge in [-0.3, -0.25) is 9.59 Å². The van der Waals surface area contributed by atoms with Crippen LogP contribution < -0.4 is 14.5 Å². The van der Waals surface area contributed by atoms with E-state index in [2.05, 4.69) is 40.2 Å². The summed E-state index contributed by atoms with van der Waals surface area (Å²) < 4.78 is 6.54. The highest BCUT2D eigenvalue weighted by Gasteiger charge is 2.46. The molecule has 0 bridgehead atoms. The molecule has 3 fully saturated rings. The molecule has 250 valence electrons. The first-order chi connectivity index (χ1) is 22.7. The highest BCUT2D eigenvalue weighted by molar-refractivity contribution is 6.33. The van der Waals surface area contributed by atoms with Gasteiger partial charge in [-0.2, -0.15) is 9.97 Å². The lowest BCUT2D eigenvalue weighted by Crippen LogP contribution is -2.56. The minimum Gasteiger partial charge on any atom is -0.461 e. The Morgan fingerprint density at radius 2 is 1.94 bits per heavy atom. The molecule has 0 radical (unpaired) electrons. The number of piperazine rings is 1. The average molecular weight is 661 g/mol. The highest BCUT2D eigenvalue weighted by Crippen LogP contribution is 2.40. The molecule has 11 nitrogen and oxygen atoms in total. The van der Waals surface area contributed by atoms with Crippen molar-refractivity contribution in [1.82, 2.24) is 24.7 Å². The van der Waals surface area contributed by atoms with Gasteiger partial charge in [-0.1, -0.05) is 30.3 Å². The van der Waals surface area contributed by atoms with Crippen LogP contribution in [0.25, 0.3) is 4.85 Å². The van der Waals surface area contributed by atoms with Crippen molar-refractivity contribution in [3.05, 3.63) is 64.6 Å². The molecule has 1 aliphatic carbocycles. The van der Waals surface area contributed by atoms with Crippen LogP contribution >= 0.6 is 11.6 Å². The van der Waals surface area contributed by atoms with Crippen molar-refractivity contribution in [2.24, 2.45) is 5.92 Å². The predicted octanol–water partition coefficient (Wildman–Crippen LogP) is 3.92. The van der Waals surface area contributed by atoms with Gasteiger partial charge >= 0.3 is 6.01 Å². The summed E-state index contributed by atoms with van der Waals surface area (Å²) in [6, 6.07) is 7.88. The molecule has 4 aliphatic rings. The number of fused-ring (bicyclic) bond motifs is 1. The van der Waals surface area contributed by atoms with Crippen LogP contribution in [0.5, 0.6) is 6.01 Å². The van der Waals surface area contributed by atoms with E-state index in [1.807, 2.05) is 29.2 Å². The van der Waals surface area contributed by atoms with Gasteiger partial charge in [0.2, 0.25) is 18.4 Å². The van der Waals surface area contributed by atoms with Crippen molar-refractivity contribution in [2.45, 2.75) is 56.7 Å². The largest absolute Gasteiger partial charge is 0.461 e. The van der Waals surface area contributed by atoms with Crippen LogP contribution in [-0.2, 0) is 22.6 Å². The number of ether oxygens (including phenoxy) is 1. The molecule has 3 aliphatic heterocycles. The fourth-order valence-electron chi connectivity index (χ4n) is 7.72. The standard InChI is InChI=1S/C35H45ClN8O3/c1-5-31(45)44-19-18-43(22-26(44)21-37-2)32-27-13-17-42(30-11-7-6-10-28(30)36)23-29(27)38-34(39-32)47-24-35(40(3)4)14-12-25(20-35)33(46)41-15-8-9-16-41/h5-7,10-11,25-26H,1,8-9,12-24H2,3-4H3/t25?,26-,35?/m0/s1. The summed E-state index contributed by atoms with van der Waals surface area (Å²) in [6.07, 6.45) is 6.66. The Bertz CT molecular complexity index is 1540. The molecule has 2 amide bonds. The summed E-state index contributed by atoms with van der Waals surface area (Å²) in [5, 5.41) is 0.693. The Kier molecular flexibility index (Phi) is 9.90. The number of carbonyl (C=O) groups excluding carboxylic acids is 2. The van der Waals surface area contributed by atoms with Crippen LogP contribution in [0.2, 0.25) is 5.02 Å². The zero-order valence-electron chi connectivity index (χ0n) is 27.5. The number of benzene rings is 1. The number of halogens is 1. The number of rotatable bonds is 9. The van der Waals surface area contributed by atoms with Crippen LogP contribution in [0, 0.1) is 12.5 Å². The average Bonchev–Trinajstić information content (AvgIpc) is 3.78. The third kappa shape index (κ3) is 6.76. The van der Waals surface area contributed by atoms with Gasteiger partial charge in [-0.25, -0.2) is 6.57 Å². The lowest BCUT2D eigenvalue weighted by Gasteiger charge is -2.41. The molecule has 12 heteroatoms. The molecule has 1 aromatic heterocycles. The Hall–Kier alpha value is -3.88. The number of likely N-dealkylation sites (N-methyl/N-ethyl adjacent to an activating group) is 1. The van der Waals surface area contributed by atoms with E-state index in [-0.39, 0.29) is 35.9 Å². The minimum absolute atomic E-state index is 0.00255. The van der Waals surface area contributed by atoms with Crippen molar-refractivity contribution in [3.8, 4) is 6.01 Å². The molecule has 1 saturated carbocycles. The maximum absolute atomic E-state index is 13.3. The van der Waals surface area contributed by atoms with Crippen LogP contribution in [0.15, 0.2) is 36.9 Å². The Morgan fingerprint density at radius 1 is 1.15 bits per heavy atom. The van der Waals surface area contributed by atoms with E-state index in [1.54, 1.807) is 4.90 Å². The van der Waals surface area contributed by atoms with Gasteiger partial charge in [0.15, 0.2) is 0 Å². The van der Waals surface area contributed by atoms with E-state index in [1.165, 1.54) is 6.08 Å². The number of nitrogens with zero attached hydrogens (tertiary/aromatic N) is 8. The summed E-state index contributed by atoms with van der Waals surface area (Å²) >= 11 is 6.61. The van der Waals surface area contributed by atoms with Crippen LogP contribution in [0.3, 0.4) is 0 Å². The summed E-state index contributed by atoms with van der Waals surface area (Å²) in [5.74, 6) is 0.921. The van der Waals surface area contributed by atoms with E-state index >= 15 is 0 Å². The molecule has 1 aromatic carbocycles. The van der Waals surface area contributed by atoms with Crippen LogP contribution in [0.4, 0.5) is 11.5 Å². The number of likely N-dealkylation sites (tertiary alicyclic amines) is 1. The Labute approximate surface area is 282 Å². The molecule has 0 spiro atoms. The van der Waals surface area contributed by atoms with Gasteiger partial charge in [0.05, 0.1) is 28.5 Å². The zero-order valence-corrected chi connectivity index (χ0v) is 28.3. The molecule has 2 aromatic rings. The molecule has 4 heterocycles. The quantitative estimate of drug-likeness (QED) is 0.296. The lowest BCUT2D eigenvalue weighted by atomic mass is 9.95. The van der Waals surface area contributed by atoms with Gasteiger partial charge in [0, 0.05) is 50.7 Å². The summed E-state index contributed by atoms with van der Waals surface area (Å²) in [6.45, 7) is 16.4. The number of carbonyl (C=O) groups is 2. The van der Waals surface area contributed by atoms with Crippen LogP contribution in [0.1, 0.15) is 43.4 Å². The van der Waals surface area contributed by atoms with Gasteiger partial charge in [-0.15, -0.1) is 0 Å². The lowest BCUT2D eigenvalue weighted by molar-refractivity contribution is -0.134. The normalized spacial score (nSPS) is 24.3. The van der Waals surface area contributed by atoms with Gasteiger partial charge in [-0.05, 0) is 70.8 Å². The molecule has 2 saturated heterocycles. The van der Waals surface area contributed by atoms with Crippen molar-refractivity contribution in [3.63, 3.8) is 0 Å². The highest BCUT2D eigenvalue weighted by atomic mass is 35.5. The first-order valence-electron chi connectivity index (χ1n) is 16.7. The number of hydrogen-bond donors (Lipinski definition) is 0. The van der Waals surface area contributed by atoms with Crippen molar-refractivity contribution >= 4 is 34.9 Å². The smallest absolute Gasteiger partial charge is 0.318 e. The molecular formula is C35H45ClN8O3. The maximum Gasteiger partial charge on any atom is 0.318 e. The number of anilines is 2. The third-order valence-corrected chi connectivity index (χ3v) is 10.8. The predicted molar refractivity (Wildman–Crippen MR) is 183 cm³/mol. The van der Waals surface area contributed by atoms with Crippen molar-refractivity contribution in [2.75, 3.05) is 76.3 Å². The van der Waals surface area contributed by atoms with Gasteiger partial charge < -0.3 is 34.1 Å². The molecule has 47 heavy (non-hydrogen) atoms. The first kappa shape index (κ1) is 33.0. The minimum atomic E-state index is -0.305. The maximum atomic E-state index is 13.3.